The maximum atomic E-state index is 10.5. The molecular weight excluding hydrogens is 190 g/mol. The Labute approximate surface area is 89.5 Å². The first kappa shape index (κ1) is 11.4. The summed E-state index contributed by atoms with van der Waals surface area (Å²) in [4.78, 5) is 10.5. The van der Waals surface area contributed by atoms with Gasteiger partial charge in [-0.2, -0.15) is 10.4 Å². The van der Waals surface area contributed by atoms with Gasteiger partial charge in [-0.25, -0.2) is 0 Å². The molecule has 0 radical (unpaired) electrons. The molecule has 1 aromatic heterocycles. The average molecular weight is 205 g/mol. The second-order valence-corrected chi connectivity index (χ2v) is 3.88. The molecule has 1 unspecified atom stereocenters. The van der Waals surface area contributed by atoms with Gasteiger partial charge >= 0.3 is 0 Å². The van der Waals surface area contributed by atoms with Crippen LogP contribution in [-0.2, 0) is 0 Å². The summed E-state index contributed by atoms with van der Waals surface area (Å²) in [7, 11) is 0. The molecule has 0 spiro atoms. The van der Waals surface area contributed by atoms with Crippen LogP contribution in [0.2, 0.25) is 0 Å². The van der Waals surface area contributed by atoms with Crippen LogP contribution in [0, 0.1) is 17.2 Å². The Hall–Kier alpha value is -1.63. The molecule has 0 bridgehead atoms. The fraction of sp³-hybridized carbons (Fsp3) is 0.545. The summed E-state index contributed by atoms with van der Waals surface area (Å²) in [6.45, 7) is 4.18. The molecule has 1 atom stereocenters. The van der Waals surface area contributed by atoms with Gasteiger partial charge in [0.05, 0.1) is 23.9 Å². The number of rotatable bonds is 5. The van der Waals surface area contributed by atoms with Crippen molar-refractivity contribution >= 4 is 6.29 Å². The summed E-state index contributed by atoms with van der Waals surface area (Å²) in [6.07, 6.45) is 5.35. The van der Waals surface area contributed by atoms with Gasteiger partial charge in [0.15, 0.2) is 6.29 Å². The summed E-state index contributed by atoms with van der Waals surface area (Å²) < 4.78 is 1.78. The summed E-state index contributed by atoms with van der Waals surface area (Å²) in [5, 5.41) is 12.7. The third-order valence-corrected chi connectivity index (χ3v) is 2.42. The maximum absolute atomic E-state index is 10.5. The molecule has 0 aliphatic heterocycles. The monoisotopic (exact) mass is 205 g/mol. The molecule has 80 valence electrons. The number of aldehydes is 1. The average Bonchev–Trinajstić information content (AvgIpc) is 2.66. The van der Waals surface area contributed by atoms with E-state index in [4.69, 9.17) is 5.26 Å². The van der Waals surface area contributed by atoms with Gasteiger partial charge in [-0.1, -0.05) is 13.8 Å². The smallest absolute Gasteiger partial charge is 0.153 e. The summed E-state index contributed by atoms with van der Waals surface area (Å²) in [6, 6.07) is 2.33. The highest BCUT2D eigenvalue weighted by molar-refractivity contribution is 5.73. The molecule has 0 amide bonds. The van der Waals surface area contributed by atoms with E-state index in [2.05, 4.69) is 25.0 Å². The van der Waals surface area contributed by atoms with Crippen LogP contribution < -0.4 is 0 Å². The Bertz CT molecular complexity index is 362. The molecule has 0 fully saturated rings. The molecule has 1 heterocycles. The van der Waals surface area contributed by atoms with Gasteiger partial charge in [0.25, 0.3) is 0 Å². The van der Waals surface area contributed by atoms with Crippen LogP contribution in [0.25, 0.3) is 0 Å². The van der Waals surface area contributed by atoms with Crippen molar-refractivity contribution in [2.24, 2.45) is 5.92 Å². The lowest BCUT2D eigenvalue weighted by Crippen LogP contribution is -2.15. The number of hydrogen-bond acceptors (Lipinski definition) is 3. The minimum absolute atomic E-state index is 0.193. The molecular formula is C11H15N3O. The molecule has 0 saturated carbocycles. The van der Waals surface area contributed by atoms with Crippen molar-refractivity contribution < 1.29 is 4.79 Å². The number of nitriles is 1. The highest BCUT2D eigenvalue weighted by atomic mass is 16.1. The standard InChI is InChI=1S/C11H15N3O/c1-9(2)11(4-3-5-12)14-7-10(8-15)6-13-14/h6-9,11H,3-4H2,1-2H3. The van der Waals surface area contributed by atoms with E-state index in [9.17, 15) is 4.79 Å². The van der Waals surface area contributed by atoms with E-state index in [1.165, 1.54) is 0 Å². The van der Waals surface area contributed by atoms with Crippen LogP contribution in [0.5, 0.6) is 0 Å². The minimum atomic E-state index is 0.193. The normalized spacial score (nSPS) is 12.4. The summed E-state index contributed by atoms with van der Waals surface area (Å²) in [5.74, 6) is 0.401. The van der Waals surface area contributed by atoms with Crippen LogP contribution in [0.1, 0.15) is 43.1 Å². The highest BCUT2D eigenvalue weighted by Crippen LogP contribution is 2.22. The molecule has 1 aromatic rings. The van der Waals surface area contributed by atoms with Crippen LogP contribution in [0.15, 0.2) is 12.4 Å². The predicted molar refractivity (Wildman–Crippen MR) is 56.3 cm³/mol. The van der Waals surface area contributed by atoms with E-state index in [0.717, 1.165) is 12.7 Å². The molecule has 1 rings (SSSR count). The van der Waals surface area contributed by atoms with E-state index in [0.29, 0.717) is 17.9 Å². The first-order valence-electron chi connectivity index (χ1n) is 5.05. The fourth-order valence-electron chi connectivity index (χ4n) is 1.58. The molecule has 0 aliphatic carbocycles. The van der Waals surface area contributed by atoms with Gasteiger partial charge in [0, 0.05) is 12.6 Å². The first-order valence-corrected chi connectivity index (χ1v) is 5.05. The van der Waals surface area contributed by atoms with Crippen LogP contribution >= 0.6 is 0 Å². The van der Waals surface area contributed by atoms with Crippen molar-refractivity contribution in [2.45, 2.75) is 32.7 Å². The Morgan fingerprint density at radius 3 is 2.87 bits per heavy atom. The van der Waals surface area contributed by atoms with E-state index in [-0.39, 0.29) is 6.04 Å². The van der Waals surface area contributed by atoms with Crippen LogP contribution in [0.3, 0.4) is 0 Å². The van der Waals surface area contributed by atoms with Gasteiger partial charge in [0.1, 0.15) is 0 Å². The quantitative estimate of drug-likeness (QED) is 0.692. The van der Waals surface area contributed by atoms with Crippen molar-refractivity contribution in [3.63, 3.8) is 0 Å². The Balaban J connectivity index is 2.79. The van der Waals surface area contributed by atoms with E-state index in [1.54, 1.807) is 17.1 Å². The van der Waals surface area contributed by atoms with Crippen molar-refractivity contribution in [3.05, 3.63) is 18.0 Å². The molecule has 4 nitrogen and oxygen atoms in total. The van der Waals surface area contributed by atoms with Gasteiger partial charge < -0.3 is 0 Å². The topological polar surface area (TPSA) is 58.7 Å². The van der Waals surface area contributed by atoms with Crippen molar-refractivity contribution in [1.82, 2.24) is 9.78 Å². The summed E-state index contributed by atoms with van der Waals surface area (Å²) in [5.41, 5.74) is 0.581. The van der Waals surface area contributed by atoms with Crippen molar-refractivity contribution in [1.29, 1.82) is 5.26 Å². The number of nitrogens with zero attached hydrogens (tertiary/aromatic N) is 3. The fourth-order valence-corrected chi connectivity index (χ4v) is 1.58. The maximum Gasteiger partial charge on any atom is 0.153 e. The van der Waals surface area contributed by atoms with Gasteiger partial charge in [-0.15, -0.1) is 0 Å². The Morgan fingerprint density at radius 1 is 1.67 bits per heavy atom. The zero-order chi connectivity index (χ0) is 11.3. The van der Waals surface area contributed by atoms with E-state index in [1.807, 2.05) is 0 Å². The van der Waals surface area contributed by atoms with Crippen LogP contribution in [-0.4, -0.2) is 16.1 Å². The molecule has 0 N–H and O–H groups in total. The first-order chi connectivity index (χ1) is 7.19. The van der Waals surface area contributed by atoms with Gasteiger partial charge in [-0.05, 0) is 12.3 Å². The minimum Gasteiger partial charge on any atom is -0.298 e. The zero-order valence-corrected chi connectivity index (χ0v) is 9.05. The molecule has 0 aromatic carbocycles. The third kappa shape index (κ3) is 2.91. The number of carbonyl (C=O) groups excluding carboxylic acids is 1. The largest absolute Gasteiger partial charge is 0.298 e. The molecule has 4 heteroatoms. The number of hydrogen-bond donors (Lipinski definition) is 0. The van der Waals surface area contributed by atoms with Crippen LogP contribution in [0.4, 0.5) is 0 Å². The number of carbonyl (C=O) groups is 1. The Morgan fingerprint density at radius 2 is 2.40 bits per heavy atom. The van der Waals surface area contributed by atoms with E-state index >= 15 is 0 Å². The van der Waals surface area contributed by atoms with Crippen molar-refractivity contribution in [2.75, 3.05) is 0 Å². The Kier molecular flexibility index (Phi) is 4.04. The second-order valence-electron chi connectivity index (χ2n) is 3.88. The molecule has 0 aliphatic rings. The molecule has 0 saturated heterocycles. The number of aromatic nitrogens is 2. The van der Waals surface area contributed by atoms with Crippen molar-refractivity contribution in [3.8, 4) is 6.07 Å². The zero-order valence-electron chi connectivity index (χ0n) is 9.05. The third-order valence-electron chi connectivity index (χ3n) is 2.42. The highest BCUT2D eigenvalue weighted by Gasteiger charge is 2.15. The second kappa shape index (κ2) is 5.30. The molecule has 15 heavy (non-hydrogen) atoms. The lowest BCUT2D eigenvalue weighted by molar-refractivity contribution is 0.112. The predicted octanol–water partition coefficient (Wildman–Crippen LogP) is 2.20. The van der Waals surface area contributed by atoms with Gasteiger partial charge in [-0.3, -0.25) is 9.48 Å². The lowest BCUT2D eigenvalue weighted by atomic mass is 10.00. The lowest BCUT2D eigenvalue weighted by Gasteiger charge is -2.19. The SMILES string of the molecule is CC(C)C(CCC#N)n1cc(C=O)cn1. The summed E-state index contributed by atoms with van der Waals surface area (Å²) >= 11 is 0. The van der Waals surface area contributed by atoms with E-state index < -0.39 is 0 Å². The van der Waals surface area contributed by atoms with Gasteiger partial charge in [0.2, 0.25) is 0 Å².